The quantitative estimate of drug-likeness (QED) is 0.747. The smallest absolute Gasteiger partial charge is 0.224 e. The number of hydrogen-bond acceptors (Lipinski definition) is 1. The highest BCUT2D eigenvalue weighted by Crippen LogP contribution is 2.38. The summed E-state index contributed by atoms with van der Waals surface area (Å²) in [5.41, 5.74) is 1.59. The van der Waals surface area contributed by atoms with Crippen molar-refractivity contribution in [2.75, 3.05) is 5.32 Å². The Morgan fingerprint density at radius 1 is 1.04 bits per heavy atom. The maximum absolute atomic E-state index is 13.9. The molecule has 2 aromatic rings. The number of hydrogen-bond donors (Lipinski definition) is 1. The Labute approximate surface area is 147 Å². The van der Waals surface area contributed by atoms with E-state index in [1.54, 1.807) is 30.3 Å². The zero-order valence-corrected chi connectivity index (χ0v) is 14.2. The van der Waals surface area contributed by atoms with Crippen LogP contribution in [0.15, 0.2) is 48.5 Å². The molecule has 0 heterocycles. The van der Waals surface area contributed by atoms with Crippen molar-refractivity contribution in [1.29, 1.82) is 0 Å². The van der Waals surface area contributed by atoms with E-state index in [9.17, 15) is 9.18 Å². The number of nitrogens with one attached hydrogen (secondary N) is 1. The molecule has 24 heavy (non-hydrogen) atoms. The van der Waals surface area contributed by atoms with Crippen LogP contribution in [0.1, 0.15) is 43.6 Å². The molecule has 0 spiro atoms. The third kappa shape index (κ3) is 4.35. The standard InChI is InChI=1S/C20H21ClFNO/c21-16-9-11-17(12-10-16)23-20(24)13-14-5-7-15(8-6-14)18-3-1-2-4-19(18)22/h1-4,9-12,14-15H,5-8,13H2,(H,23,24)/t14-,15+. The van der Waals surface area contributed by atoms with Crippen LogP contribution in [0, 0.1) is 11.7 Å². The lowest BCUT2D eigenvalue weighted by Gasteiger charge is -2.28. The summed E-state index contributed by atoms with van der Waals surface area (Å²) in [6, 6.07) is 14.2. The van der Waals surface area contributed by atoms with Gasteiger partial charge in [-0.3, -0.25) is 4.79 Å². The first-order chi connectivity index (χ1) is 11.6. The molecular weight excluding hydrogens is 325 g/mol. The van der Waals surface area contributed by atoms with Gasteiger partial charge in [-0.15, -0.1) is 0 Å². The fraction of sp³-hybridized carbons (Fsp3) is 0.350. The minimum absolute atomic E-state index is 0.0339. The number of halogens is 2. The average Bonchev–Trinajstić information content (AvgIpc) is 2.58. The molecule has 1 N–H and O–H groups in total. The van der Waals surface area contributed by atoms with Gasteiger partial charge in [0.15, 0.2) is 0 Å². The molecule has 0 unspecified atom stereocenters. The van der Waals surface area contributed by atoms with Crippen molar-refractivity contribution in [1.82, 2.24) is 0 Å². The number of amides is 1. The van der Waals surface area contributed by atoms with Crippen LogP contribution in [0.3, 0.4) is 0 Å². The van der Waals surface area contributed by atoms with E-state index in [1.165, 1.54) is 6.07 Å². The molecule has 2 aromatic carbocycles. The maximum atomic E-state index is 13.9. The topological polar surface area (TPSA) is 29.1 Å². The molecule has 0 aromatic heterocycles. The van der Waals surface area contributed by atoms with Gasteiger partial charge >= 0.3 is 0 Å². The molecule has 0 saturated heterocycles. The van der Waals surface area contributed by atoms with E-state index in [0.717, 1.165) is 36.9 Å². The van der Waals surface area contributed by atoms with Crippen LogP contribution in [0.4, 0.5) is 10.1 Å². The lowest BCUT2D eigenvalue weighted by Crippen LogP contribution is -2.20. The Kier molecular flexibility index (Phi) is 5.52. The minimum Gasteiger partial charge on any atom is -0.326 e. The van der Waals surface area contributed by atoms with E-state index in [1.807, 2.05) is 12.1 Å². The molecule has 0 atom stereocenters. The molecule has 126 valence electrons. The summed E-state index contributed by atoms with van der Waals surface area (Å²) in [6.07, 6.45) is 4.34. The summed E-state index contributed by atoms with van der Waals surface area (Å²) in [4.78, 5) is 12.2. The van der Waals surface area contributed by atoms with E-state index in [0.29, 0.717) is 17.4 Å². The van der Waals surface area contributed by atoms with Gasteiger partial charge in [0.25, 0.3) is 0 Å². The summed E-state index contributed by atoms with van der Waals surface area (Å²) < 4.78 is 13.9. The molecule has 2 nitrogen and oxygen atoms in total. The van der Waals surface area contributed by atoms with Gasteiger partial charge in [-0.05, 0) is 73.4 Å². The number of benzene rings is 2. The molecular formula is C20H21ClFNO. The molecule has 0 radical (unpaired) electrons. The predicted molar refractivity (Wildman–Crippen MR) is 95.8 cm³/mol. The predicted octanol–water partition coefficient (Wildman–Crippen LogP) is 5.78. The first-order valence-electron chi connectivity index (χ1n) is 8.41. The summed E-state index contributed by atoms with van der Waals surface area (Å²) >= 11 is 5.84. The maximum Gasteiger partial charge on any atom is 0.224 e. The molecule has 1 saturated carbocycles. The largest absolute Gasteiger partial charge is 0.326 e. The zero-order valence-electron chi connectivity index (χ0n) is 13.5. The molecule has 0 aliphatic heterocycles. The third-order valence-corrected chi connectivity index (χ3v) is 5.05. The molecule has 1 aliphatic carbocycles. The summed E-state index contributed by atoms with van der Waals surface area (Å²) in [6.45, 7) is 0. The van der Waals surface area contributed by atoms with Gasteiger partial charge in [-0.25, -0.2) is 4.39 Å². The van der Waals surface area contributed by atoms with Crippen molar-refractivity contribution in [2.24, 2.45) is 5.92 Å². The molecule has 1 amide bonds. The first kappa shape index (κ1) is 17.0. The Balaban J connectivity index is 1.49. The normalized spacial score (nSPS) is 20.6. The van der Waals surface area contributed by atoms with Gasteiger partial charge in [0.1, 0.15) is 5.82 Å². The number of anilines is 1. The number of carbonyl (C=O) groups is 1. The fourth-order valence-electron chi connectivity index (χ4n) is 3.49. The molecule has 3 rings (SSSR count). The molecule has 1 aliphatic rings. The Morgan fingerprint density at radius 3 is 2.38 bits per heavy atom. The van der Waals surface area contributed by atoms with E-state index in [2.05, 4.69) is 5.32 Å². The van der Waals surface area contributed by atoms with E-state index in [4.69, 9.17) is 11.6 Å². The van der Waals surface area contributed by atoms with Crippen molar-refractivity contribution < 1.29 is 9.18 Å². The Hall–Kier alpha value is -1.87. The molecule has 4 heteroatoms. The van der Waals surface area contributed by atoms with Gasteiger partial charge in [0, 0.05) is 17.1 Å². The lowest BCUT2D eigenvalue weighted by atomic mass is 9.77. The lowest BCUT2D eigenvalue weighted by molar-refractivity contribution is -0.117. The second kappa shape index (κ2) is 7.80. The van der Waals surface area contributed by atoms with Gasteiger partial charge in [-0.2, -0.15) is 0 Å². The van der Waals surface area contributed by atoms with E-state index >= 15 is 0 Å². The van der Waals surface area contributed by atoms with Gasteiger partial charge in [-0.1, -0.05) is 29.8 Å². The highest BCUT2D eigenvalue weighted by Gasteiger charge is 2.25. The van der Waals surface area contributed by atoms with Crippen LogP contribution >= 0.6 is 11.6 Å². The zero-order chi connectivity index (χ0) is 16.9. The second-order valence-corrected chi connectivity index (χ2v) is 6.93. The van der Waals surface area contributed by atoms with Crippen molar-refractivity contribution >= 4 is 23.2 Å². The average molecular weight is 346 g/mol. The van der Waals surface area contributed by atoms with Crippen molar-refractivity contribution in [3.8, 4) is 0 Å². The van der Waals surface area contributed by atoms with Crippen LogP contribution in [0.5, 0.6) is 0 Å². The Bertz CT molecular complexity index is 693. The highest BCUT2D eigenvalue weighted by molar-refractivity contribution is 6.30. The second-order valence-electron chi connectivity index (χ2n) is 6.50. The van der Waals surface area contributed by atoms with Gasteiger partial charge < -0.3 is 5.32 Å². The van der Waals surface area contributed by atoms with Gasteiger partial charge in [0.05, 0.1) is 0 Å². The van der Waals surface area contributed by atoms with E-state index in [-0.39, 0.29) is 17.6 Å². The molecule has 1 fully saturated rings. The highest BCUT2D eigenvalue weighted by atomic mass is 35.5. The minimum atomic E-state index is -0.110. The summed E-state index contributed by atoms with van der Waals surface area (Å²) in [5.74, 6) is 0.579. The van der Waals surface area contributed by atoms with E-state index < -0.39 is 0 Å². The van der Waals surface area contributed by atoms with Crippen LogP contribution in [0.25, 0.3) is 0 Å². The van der Waals surface area contributed by atoms with Crippen molar-refractivity contribution in [2.45, 2.75) is 38.0 Å². The monoisotopic (exact) mass is 345 g/mol. The van der Waals surface area contributed by atoms with Crippen LogP contribution in [-0.2, 0) is 4.79 Å². The Morgan fingerprint density at radius 2 is 1.71 bits per heavy atom. The summed E-state index contributed by atoms with van der Waals surface area (Å²) in [7, 11) is 0. The number of carbonyl (C=O) groups excluding carboxylic acids is 1. The van der Waals surface area contributed by atoms with Crippen molar-refractivity contribution in [3.05, 3.63) is 64.9 Å². The first-order valence-corrected chi connectivity index (χ1v) is 8.79. The van der Waals surface area contributed by atoms with Crippen LogP contribution < -0.4 is 5.32 Å². The third-order valence-electron chi connectivity index (χ3n) is 4.79. The van der Waals surface area contributed by atoms with Crippen LogP contribution in [-0.4, -0.2) is 5.91 Å². The summed E-state index contributed by atoms with van der Waals surface area (Å²) in [5, 5.41) is 3.56. The van der Waals surface area contributed by atoms with Gasteiger partial charge in [0.2, 0.25) is 5.91 Å². The fourth-order valence-corrected chi connectivity index (χ4v) is 3.62. The van der Waals surface area contributed by atoms with Crippen molar-refractivity contribution in [3.63, 3.8) is 0 Å². The number of rotatable bonds is 4. The SMILES string of the molecule is O=C(C[C@H]1CC[C@@H](c2ccccc2F)CC1)Nc1ccc(Cl)cc1. The van der Waals surface area contributed by atoms with Crippen LogP contribution in [0.2, 0.25) is 5.02 Å². The molecule has 0 bridgehead atoms.